The fourth-order valence-corrected chi connectivity index (χ4v) is 4.02. The minimum absolute atomic E-state index is 0.00213. The van der Waals surface area contributed by atoms with Crippen molar-refractivity contribution in [2.75, 3.05) is 7.11 Å². The van der Waals surface area contributed by atoms with Crippen molar-refractivity contribution in [1.82, 2.24) is 4.72 Å². The van der Waals surface area contributed by atoms with Gasteiger partial charge in [0.05, 0.1) is 18.1 Å². The Morgan fingerprint density at radius 2 is 1.82 bits per heavy atom. The molecule has 1 aromatic rings. The van der Waals surface area contributed by atoms with E-state index in [2.05, 4.69) is 0 Å². The van der Waals surface area contributed by atoms with Gasteiger partial charge in [-0.2, -0.15) is 4.72 Å². The molecule has 124 valence electrons. The van der Waals surface area contributed by atoms with Gasteiger partial charge in [-0.25, -0.2) is 8.42 Å². The molecular weight excluding hydrogens is 310 g/mol. The number of nitrogens with one attached hydrogen (secondary N) is 1. The zero-order chi connectivity index (χ0) is 17.2. The van der Waals surface area contributed by atoms with Gasteiger partial charge in [-0.05, 0) is 50.5 Å². The maximum atomic E-state index is 12.5. The highest BCUT2D eigenvalue weighted by molar-refractivity contribution is 7.89. The number of aryl methyl sites for hydroxylation is 1. The molecule has 0 aliphatic rings. The van der Waals surface area contributed by atoms with Gasteiger partial charge in [0.1, 0.15) is 11.8 Å². The molecule has 0 spiro atoms. The lowest BCUT2D eigenvalue weighted by molar-refractivity contribution is -0.141. The quantitative estimate of drug-likeness (QED) is 0.708. The number of aliphatic hydroxyl groups is 1. The third-order valence-corrected chi connectivity index (χ3v) is 5.23. The highest BCUT2D eigenvalue weighted by Crippen LogP contribution is 2.30. The average molecular weight is 331 g/mol. The van der Waals surface area contributed by atoms with Gasteiger partial charge in [0.2, 0.25) is 10.0 Å². The van der Waals surface area contributed by atoms with Crippen molar-refractivity contribution in [1.29, 1.82) is 0 Å². The van der Waals surface area contributed by atoms with Crippen molar-refractivity contribution < 1.29 is 28.2 Å². The summed E-state index contributed by atoms with van der Waals surface area (Å²) < 4.78 is 32.3. The second kappa shape index (κ2) is 6.64. The number of aliphatic hydroxyl groups excluding tert-OH is 1. The fraction of sp³-hybridized carbons (Fsp3) is 0.500. The molecule has 8 heteroatoms. The first-order valence-electron chi connectivity index (χ1n) is 6.61. The molecule has 1 rings (SSSR count). The van der Waals surface area contributed by atoms with Crippen LogP contribution in [0.2, 0.25) is 0 Å². The predicted molar refractivity (Wildman–Crippen MR) is 80.6 cm³/mol. The van der Waals surface area contributed by atoms with Crippen LogP contribution >= 0.6 is 0 Å². The van der Waals surface area contributed by atoms with Crippen LogP contribution in [0, 0.1) is 20.8 Å². The van der Waals surface area contributed by atoms with Gasteiger partial charge in [0.25, 0.3) is 0 Å². The molecular formula is C14H21NO6S. The summed E-state index contributed by atoms with van der Waals surface area (Å²) in [6.07, 6.45) is -1.37. The smallest absolute Gasteiger partial charge is 0.324 e. The average Bonchev–Trinajstić information content (AvgIpc) is 2.39. The number of hydrogen-bond acceptors (Lipinski definition) is 5. The van der Waals surface area contributed by atoms with Crippen LogP contribution < -0.4 is 9.46 Å². The number of rotatable bonds is 6. The largest absolute Gasteiger partial charge is 0.496 e. The Bertz CT molecular complexity index is 681. The molecule has 2 atom stereocenters. The maximum absolute atomic E-state index is 12.5. The van der Waals surface area contributed by atoms with E-state index in [1.807, 2.05) is 4.72 Å². The second-order valence-electron chi connectivity index (χ2n) is 5.15. The molecule has 0 heterocycles. The number of benzene rings is 1. The molecule has 0 amide bonds. The van der Waals surface area contributed by atoms with Crippen molar-refractivity contribution in [2.45, 2.75) is 44.7 Å². The first-order chi connectivity index (χ1) is 10.0. The van der Waals surface area contributed by atoms with E-state index in [1.165, 1.54) is 14.0 Å². The molecule has 0 saturated heterocycles. The standard InChI is InChI=1S/C14H21NO6S/c1-7-6-11(21-5)8(2)9(3)13(7)22(19,20)15-12(10(4)16)14(17)18/h6,10,12,15-16H,1-5H3,(H,17,18)/t10-,12-/m1/s1. The summed E-state index contributed by atoms with van der Waals surface area (Å²) in [5.41, 5.74) is 1.55. The molecule has 0 saturated carbocycles. The first-order valence-corrected chi connectivity index (χ1v) is 8.09. The zero-order valence-electron chi connectivity index (χ0n) is 13.2. The van der Waals surface area contributed by atoms with E-state index in [1.54, 1.807) is 26.8 Å². The summed E-state index contributed by atoms with van der Waals surface area (Å²) in [6, 6.07) is -0.0408. The van der Waals surface area contributed by atoms with Crippen LogP contribution in [0.5, 0.6) is 5.75 Å². The molecule has 0 aliphatic carbocycles. The molecule has 1 aromatic carbocycles. The Hall–Kier alpha value is -1.64. The van der Waals surface area contributed by atoms with Gasteiger partial charge >= 0.3 is 5.97 Å². The van der Waals surface area contributed by atoms with Gasteiger partial charge in [0.15, 0.2) is 0 Å². The summed E-state index contributed by atoms with van der Waals surface area (Å²) in [5.74, 6) is -0.890. The lowest BCUT2D eigenvalue weighted by atomic mass is 10.1. The summed E-state index contributed by atoms with van der Waals surface area (Å²) in [6.45, 7) is 6.15. The zero-order valence-corrected chi connectivity index (χ0v) is 14.0. The molecule has 0 aromatic heterocycles. The van der Waals surface area contributed by atoms with E-state index >= 15 is 0 Å². The number of hydrogen-bond donors (Lipinski definition) is 3. The van der Waals surface area contributed by atoms with Crippen LogP contribution in [0.4, 0.5) is 0 Å². The third-order valence-electron chi connectivity index (χ3n) is 3.50. The lowest BCUT2D eigenvalue weighted by Gasteiger charge is -2.20. The normalized spacial score (nSPS) is 14.5. The molecule has 0 unspecified atom stereocenters. The Kier molecular flexibility index (Phi) is 5.55. The summed E-state index contributed by atoms with van der Waals surface area (Å²) in [7, 11) is -2.62. The van der Waals surface area contributed by atoms with Crippen LogP contribution in [0.25, 0.3) is 0 Å². The van der Waals surface area contributed by atoms with E-state index in [4.69, 9.17) is 9.84 Å². The summed E-state index contributed by atoms with van der Waals surface area (Å²) in [4.78, 5) is 11.1. The molecule has 3 N–H and O–H groups in total. The minimum atomic E-state index is -4.10. The van der Waals surface area contributed by atoms with E-state index in [-0.39, 0.29) is 4.90 Å². The number of aliphatic carboxylic acids is 1. The van der Waals surface area contributed by atoms with Crippen molar-refractivity contribution in [3.05, 3.63) is 22.8 Å². The van der Waals surface area contributed by atoms with E-state index < -0.39 is 28.1 Å². The molecule has 0 bridgehead atoms. The number of carboxylic acids is 1. The molecule has 0 aliphatic heterocycles. The van der Waals surface area contributed by atoms with Crippen molar-refractivity contribution in [3.63, 3.8) is 0 Å². The van der Waals surface area contributed by atoms with E-state index in [9.17, 15) is 18.3 Å². The first kappa shape index (κ1) is 18.4. The predicted octanol–water partition coefficient (Wildman–Crippen LogP) is 0.733. The second-order valence-corrected chi connectivity index (χ2v) is 6.80. The number of carboxylic acid groups (broad SMARTS) is 1. The fourth-order valence-electron chi connectivity index (χ4n) is 2.23. The topological polar surface area (TPSA) is 113 Å². The Morgan fingerprint density at radius 3 is 2.23 bits per heavy atom. The summed E-state index contributed by atoms with van der Waals surface area (Å²) in [5, 5.41) is 18.5. The molecule has 0 radical (unpaired) electrons. The SMILES string of the molecule is COc1cc(C)c(S(=O)(=O)N[C@@H](C(=O)O)[C@@H](C)O)c(C)c1C. The minimum Gasteiger partial charge on any atom is -0.496 e. The van der Waals surface area contributed by atoms with Crippen molar-refractivity contribution in [2.24, 2.45) is 0 Å². The lowest BCUT2D eigenvalue weighted by Crippen LogP contribution is -2.47. The summed E-state index contributed by atoms with van der Waals surface area (Å²) >= 11 is 0. The van der Waals surface area contributed by atoms with Crippen LogP contribution in [-0.4, -0.2) is 43.9 Å². The third kappa shape index (κ3) is 3.57. The van der Waals surface area contributed by atoms with Crippen molar-refractivity contribution >= 4 is 16.0 Å². The van der Waals surface area contributed by atoms with E-state index in [0.717, 1.165) is 0 Å². The monoisotopic (exact) mass is 331 g/mol. The number of ether oxygens (including phenoxy) is 1. The van der Waals surface area contributed by atoms with Gasteiger partial charge in [-0.15, -0.1) is 0 Å². The van der Waals surface area contributed by atoms with Gasteiger partial charge in [-0.3, -0.25) is 4.79 Å². The molecule has 0 fully saturated rings. The van der Waals surface area contributed by atoms with Crippen molar-refractivity contribution in [3.8, 4) is 5.75 Å². The Labute approximate surface area is 130 Å². The molecule has 7 nitrogen and oxygen atoms in total. The van der Waals surface area contributed by atoms with Crippen LogP contribution in [0.3, 0.4) is 0 Å². The number of sulfonamides is 1. The van der Waals surface area contributed by atoms with Gasteiger partial charge in [0, 0.05) is 0 Å². The highest BCUT2D eigenvalue weighted by Gasteiger charge is 2.31. The van der Waals surface area contributed by atoms with Crippen LogP contribution in [0.15, 0.2) is 11.0 Å². The van der Waals surface area contributed by atoms with Gasteiger partial charge < -0.3 is 14.9 Å². The number of methoxy groups -OCH3 is 1. The van der Waals surface area contributed by atoms with Crippen LogP contribution in [0.1, 0.15) is 23.6 Å². The Balaban J connectivity index is 3.41. The van der Waals surface area contributed by atoms with E-state index in [0.29, 0.717) is 22.4 Å². The van der Waals surface area contributed by atoms with Gasteiger partial charge in [-0.1, -0.05) is 0 Å². The molecule has 22 heavy (non-hydrogen) atoms. The highest BCUT2D eigenvalue weighted by atomic mass is 32.2. The number of carbonyl (C=O) groups is 1. The van der Waals surface area contributed by atoms with Crippen LogP contribution in [-0.2, 0) is 14.8 Å². The Morgan fingerprint density at radius 1 is 1.27 bits per heavy atom. The maximum Gasteiger partial charge on any atom is 0.324 e.